The summed E-state index contributed by atoms with van der Waals surface area (Å²) in [6, 6.07) is 5.53. The Morgan fingerprint density at radius 3 is 3.00 bits per heavy atom. The molecule has 0 aromatic carbocycles. The summed E-state index contributed by atoms with van der Waals surface area (Å²) in [7, 11) is 0. The topological polar surface area (TPSA) is 72.0 Å². The number of hydrogen-bond acceptors (Lipinski definition) is 6. The number of nitrogens with zero attached hydrogens (tertiary/aromatic N) is 1. The van der Waals surface area contributed by atoms with Gasteiger partial charge in [0.05, 0.1) is 11.9 Å². The van der Waals surface area contributed by atoms with E-state index in [0.717, 1.165) is 4.88 Å². The van der Waals surface area contributed by atoms with Gasteiger partial charge in [-0.15, -0.1) is 22.7 Å². The number of aromatic nitrogens is 2. The summed E-state index contributed by atoms with van der Waals surface area (Å²) in [5, 5.41) is 3.71. The first kappa shape index (κ1) is 13.0. The summed E-state index contributed by atoms with van der Waals surface area (Å²) in [4.78, 5) is 31.2. The number of thiophene rings is 2. The van der Waals surface area contributed by atoms with Crippen molar-refractivity contribution in [1.82, 2.24) is 9.97 Å². The second-order valence-corrected chi connectivity index (χ2v) is 6.01. The largest absolute Gasteiger partial charge is 0.457 e. The summed E-state index contributed by atoms with van der Waals surface area (Å²) < 4.78 is 5.70. The second kappa shape index (κ2) is 5.56. The van der Waals surface area contributed by atoms with Gasteiger partial charge in [0.1, 0.15) is 17.1 Å². The van der Waals surface area contributed by atoms with Crippen molar-refractivity contribution in [3.63, 3.8) is 0 Å². The molecule has 0 fully saturated rings. The maximum atomic E-state index is 11.7. The summed E-state index contributed by atoms with van der Waals surface area (Å²) in [5.41, 5.74) is 0.428. The normalized spacial score (nSPS) is 10.8. The van der Waals surface area contributed by atoms with E-state index in [1.807, 2.05) is 17.5 Å². The molecule has 3 aromatic heterocycles. The number of nitrogens with one attached hydrogen (secondary N) is 1. The first-order valence-electron chi connectivity index (χ1n) is 5.87. The summed E-state index contributed by atoms with van der Waals surface area (Å²) in [6.07, 6.45) is 0.239. The Morgan fingerprint density at radius 2 is 2.20 bits per heavy atom. The molecular formula is C13H10N2O3S2. The zero-order valence-corrected chi connectivity index (χ0v) is 11.9. The Bertz CT molecular complexity index is 789. The molecule has 0 aliphatic rings. The SMILES string of the molecule is O=C(Cc1cccs1)OCc1nc2ccsc2c(=O)[nH]1. The van der Waals surface area contributed by atoms with Crippen molar-refractivity contribution in [2.45, 2.75) is 13.0 Å². The van der Waals surface area contributed by atoms with Crippen LogP contribution in [-0.4, -0.2) is 15.9 Å². The predicted molar refractivity (Wildman–Crippen MR) is 78.1 cm³/mol. The average molecular weight is 306 g/mol. The highest BCUT2D eigenvalue weighted by Gasteiger charge is 2.09. The molecule has 3 rings (SSSR count). The number of aromatic amines is 1. The fraction of sp³-hybridized carbons (Fsp3) is 0.154. The number of carbonyl (C=O) groups excluding carboxylic acids is 1. The Kier molecular flexibility index (Phi) is 3.62. The molecular weight excluding hydrogens is 296 g/mol. The molecule has 0 atom stereocenters. The number of ether oxygens (including phenoxy) is 1. The highest BCUT2D eigenvalue weighted by Crippen LogP contribution is 2.14. The van der Waals surface area contributed by atoms with Crippen LogP contribution in [0.4, 0.5) is 0 Å². The first-order valence-corrected chi connectivity index (χ1v) is 7.63. The van der Waals surface area contributed by atoms with Crippen molar-refractivity contribution in [2.75, 3.05) is 0 Å². The molecule has 3 heterocycles. The minimum absolute atomic E-state index is 0.0226. The summed E-state index contributed by atoms with van der Waals surface area (Å²) >= 11 is 2.84. The van der Waals surface area contributed by atoms with E-state index in [1.54, 1.807) is 11.4 Å². The van der Waals surface area contributed by atoms with Crippen LogP contribution in [0.2, 0.25) is 0 Å². The van der Waals surface area contributed by atoms with Crippen LogP contribution in [0.3, 0.4) is 0 Å². The van der Waals surface area contributed by atoms with Gasteiger partial charge in [-0.25, -0.2) is 4.98 Å². The number of hydrogen-bond donors (Lipinski definition) is 1. The highest BCUT2D eigenvalue weighted by atomic mass is 32.1. The van der Waals surface area contributed by atoms with Crippen LogP contribution in [0.15, 0.2) is 33.8 Å². The molecule has 0 saturated carbocycles. The quantitative estimate of drug-likeness (QED) is 0.751. The van der Waals surface area contributed by atoms with Gasteiger partial charge in [-0.2, -0.15) is 0 Å². The van der Waals surface area contributed by atoms with Crippen molar-refractivity contribution in [3.05, 3.63) is 50.0 Å². The van der Waals surface area contributed by atoms with Gasteiger partial charge in [-0.05, 0) is 22.9 Å². The van der Waals surface area contributed by atoms with Crippen LogP contribution in [0.5, 0.6) is 0 Å². The van der Waals surface area contributed by atoms with Gasteiger partial charge in [0.15, 0.2) is 0 Å². The molecule has 1 N–H and O–H groups in total. The van der Waals surface area contributed by atoms with Crippen molar-refractivity contribution in [1.29, 1.82) is 0 Å². The first-order chi connectivity index (χ1) is 9.72. The molecule has 0 spiro atoms. The van der Waals surface area contributed by atoms with E-state index in [2.05, 4.69) is 9.97 Å². The summed E-state index contributed by atoms with van der Waals surface area (Å²) in [5.74, 6) is 0.0287. The minimum Gasteiger partial charge on any atom is -0.457 e. The molecule has 0 saturated heterocycles. The molecule has 5 nitrogen and oxygen atoms in total. The van der Waals surface area contributed by atoms with Gasteiger partial charge >= 0.3 is 5.97 Å². The Hall–Kier alpha value is -1.99. The maximum Gasteiger partial charge on any atom is 0.311 e. The smallest absolute Gasteiger partial charge is 0.311 e. The number of rotatable bonds is 4. The lowest BCUT2D eigenvalue weighted by Gasteiger charge is -2.03. The molecule has 0 radical (unpaired) electrons. The van der Waals surface area contributed by atoms with Crippen molar-refractivity contribution < 1.29 is 9.53 Å². The molecule has 0 bridgehead atoms. The highest BCUT2D eigenvalue weighted by molar-refractivity contribution is 7.17. The molecule has 0 amide bonds. The molecule has 0 aliphatic carbocycles. The number of H-pyrrole nitrogens is 1. The molecule has 20 heavy (non-hydrogen) atoms. The monoisotopic (exact) mass is 306 g/mol. The van der Waals surface area contributed by atoms with Crippen LogP contribution in [0.25, 0.3) is 10.2 Å². The van der Waals surface area contributed by atoms with Gasteiger partial charge in [0.2, 0.25) is 0 Å². The van der Waals surface area contributed by atoms with Crippen molar-refractivity contribution in [2.24, 2.45) is 0 Å². The summed E-state index contributed by atoms with van der Waals surface area (Å²) in [6.45, 7) is -0.0226. The molecule has 102 valence electrons. The van der Waals surface area contributed by atoms with Gasteiger partial charge in [0, 0.05) is 4.88 Å². The van der Waals surface area contributed by atoms with E-state index in [-0.39, 0.29) is 24.6 Å². The van der Waals surface area contributed by atoms with Crippen LogP contribution in [0, 0.1) is 0 Å². The van der Waals surface area contributed by atoms with Crippen LogP contribution < -0.4 is 5.56 Å². The Balaban J connectivity index is 1.67. The van der Waals surface area contributed by atoms with E-state index < -0.39 is 0 Å². The van der Waals surface area contributed by atoms with Crippen molar-refractivity contribution >= 4 is 38.9 Å². The Morgan fingerprint density at radius 1 is 1.30 bits per heavy atom. The van der Waals surface area contributed by atoms with E-state index in [1.165, 1.54) is 22.7 Å². The lowest BCUT2D eigenvalue weighted by molar-refractivity contribution is -0.144. The third kappa shape index (κ3) is 2.78. The van der Waals surface area contributed by atoms with Gasteiger partial charge in [-0.1, -0.05) is 6.07 Å². The predicted octanol–water partition coefficient (Wildman–Crippen LogP) is 2.33. The van der Waals surface area contributed by atoms with E-state index in [0.29, 0.717) is 16.0 Å². The Labute approximate surface area is 121 Å². The van der Waals surface area contributed by atoms with Gasteiger partial charge < -0.3 is 9.72 Å². The van der Waals surface area contributed by atoms with Crippen LogP contribution >= 0.6 is 22.7 Å². The molecule has 0 unspecified atom stereocenters. The minimum atomic E-state index is -0.333. The van der Waals surface area contributed by atoms with Crippen molar-refractivity contribution in [3.8, 4) is 0 Å². The van der Waals surface area contributed by atoms with Crippen LogP contribution in [-0.2, 0) is 22.6 Å². The van der Waals surface area contributed by atoms with E-state index in [9.17, 15) is 9.59 Å². The number of carbonyl (C=O) groups is 1. The van der Waals surface area contributed by atoms with E-state index in [4.69, 9.17) is 4.74 Å². The third-order valence-corrected chi connectivity index (χ3v) is 4.41. The average Bonchev–Trinajstić information content (AvgIpc) is 3.07. The van der Waals surface area contributed by atoms with Gasteiger partial charge in [-0.3, -0.25) is 9.59 Å². The molecule has 3 aromatic rings. The standard InChI is InChI=1S/C13H10N2O3S2/c16-11(6-8-2-1-4-19-8)18-7-10-14-9-3-5-20-12(9)13(17)15-10/h1-5H,6-7H2,(H,14,15,17). The van der Waals surface area contributed by atoms with Crippen LogP contribution in [0.1, 0.15) is 10.7 Å². The number of fused-ring (bicyclic) bond motifs is 1. The molecule has 7 heteroatoms. The molecule has 0 aliphatic heterocycles. The second-order valence-electron chi connectivity index (χ2n) is 4.06. The van der Waals surface area contributed by atoms with Gasteiger partial charge in [0.25, 0.3) is 5.56 Å². The third-order valence-electron chi connectivity index (χ3n) is 2.63. The fourth-order valence-corrected chi connectivity index (χ4v) is 3.16. The lowest BCUT2D eigenvalue weighted by Crippen LogP contribution is -2.14. The maximum absolute atomic E-state index is 11.7. The zero-order chi connectivity index (χ0) is 13.9. The fourth-order valence-electron chi connectivity index (χ4n) is 1.75. The lowest BCUT2D eigenvalue weighted by atomic mass is 10.3. The zero-order valence-electron chi connectivity index (χ0n) is 10.3. The van der Waals surface area contributed by atoms with E-state index >= 15 is 0 Å². The number of esters is 1.